The molecule has 0 aliphatic rings. The number of benzene rings is 1. The first-order valence-electron chi connectivity index (χ1n) is 4.45. The fourth-order valence-corrected chi connectivity index (χ4v) is 1.33. The van der Waals surface area contributed by atoms with Crippen molar-refractivity contribution in [2.24, 2.45) is 0 Å². The van der Waals surface area contributed by atoms with Crippen LogP contribution in [0, 0.1) is 5.82 Å². The zero-order valence-corrected chi connectivity index (χ0v) is 8.87. The smallest absolute Gasteiger partial charge is 0.148 e. The van der Waals surface area contributed by atoms with Crippen LogP contribution in [-0.2, 0) is 0 Å². The predicted molar refractivity (Wildman–Crippen MR) is 61.1 cm³/mol. The molecule has 0 bridgehead atoms. The molecule has 3 N–H and O–H groups in total. The van der Waals surface area contributed by atoms with Crippen molar-refractivity contribution in [2.45, 2.75) is 0 Å². The number of nitrogens with two attached hydrogens (primary N) is 1. The fourth-order valence-electron chi connectivity index (χ4n) is 1.17. The van der Waals surface area contributed by atoms with Crippen LogP contribution in [0.1, 0.15) is 0 Å². The predicted octanol–water partition coefficient (Wildman–Crippen LogP) is 2.59. The molecule has 0 saturated carbocycles. The molecule has 0 radical (unpaired) electrons. The maximum absolute atomic E-state index is 13.4. The van der Waals surface area contributed by atoms with Crippen LogP contribution in [0.2, 0.25) is 5.02 Å². The summed E-state index contributed by atoms with van der Waals surface area (Å²) in [5.41, 5.74) is 5.75. The largest absolute Gasteiger partial charge is 0.384 e. The Morgan fingerprint density at radius 1 is 1.25 bits per heavy atom. The van der Waals surface area contributed by atoms with Gasteiger partial charge in [-0.05, 0) is 18.2 Å². The molecule has 0 fully saturated rings. The SMILES string of the molecule is Nc1cc(Nc2ccc(Cl)cc2F)ncn1. The van der Waals surface area contributed by atoms with Gasteiger partial charge in [0.25, 0.3) is 0 Å². The number of anilines is 3. The lowest BCUT2D eigenvalue weighted by atomic mass is 10.3. The average molecular weight is 239 g/mol. The lowest BCUT2D eigenvalue weighted by Gasteiger charge is -2.06. The molecule has 1 heterocycles. The summed E-state index contributed by atoms with van der Waals surface area (Å²) in [6, 6.07) is 5.83. The number of nitrogen functional groups attached to an aromatic ring is 1. The van der Waals surface area contributed by atoms with Crippen molar-refractivity contribution in [3.8, 4) is 0 Å². The molecule has 2 rings (SSSR count). The van der Waals surface area contributed by atoms with E-state index in [1.54, 1.807) is 6.07 Å². The summed E-state index contributed by atoms with van der Waals surface area (Å²) in [6.45, 7) is 0. The Labute approximate surface area is 96.3 Å². The summed E-state index contributed by atoms with van der Waals surface area (Å²) in [5.74, 6) is 0.283. The molecule has 82 valence electrons. The first-order chi connectivity index (χ1) is 7.65. The highest BCUT2D eigenvalue weighted by atomic mass is 35.5. The molecule has 6 heteroatoms. The van der Waals surface area contributed by atoms with Crippen molar-refractivity contribution in [1.29, 1.82) is 0 Å². The zero-order valence-electron chi connectivity index (χ0n) is 8.11. The minimum absolute atomic E-state index is 0.280. The maximum Gasteiger partial charge on any atom is 0.148 e. The minimum Gasteiger partial charge on any atom is -0.384 e. The highest BCUT2D eigenvalue weighted by Crippen LogP contribution is 2.22. The van der Waals surface area contributed by atoms with Gasteiger partial charge in [-0.3, -0.25) is 0 Å². The van der Waals surface area contributed by atoms with Gasteiger partial charge in [-0.15, -0.1) is 0 Å². The van der Waals surface area contributed by atoms with Gasteiger partial charge in [0.05, 0.1) is 5.69 Å². The summed E-state index contributed by atoms with van der Waals surface area (Å²) < 4.78 is 13.4. The summed E-state index contributed by atoms with van der Waals surface area (Å²) in [6.07, 6.45) is 1.30. The zero-order chi connectivity index (χ0) is 11.5. The summed E-state index contributed by atoms with van der Waals surface area (Å²) in [5, 5.41) is 3.11. The number of rotatable bonds is 2. The number of hydrogen-bond acceptors (Lipinski definition) is 4. The van der Waals surface area contributed by atoms with E-state index in [2.05, 4.69) is 15.3 Å². The Bertz CT molecular complexity index is 518. The van der Waals surface area contributed by atoms with E-state index in [1.807, 2.05) is 0 Å². The van der Waals surface area contributed by atoms with Gasteiger partial charge in [-0.2, -0.15) is 0 Å². The second-order valence-electron chi connectivity index (χ2n) is 3.08. The molecule has 0 saturated heterocycles. The Morgan fingerprint density at radius 3 is 2.75 bits per heavy atom. The highest BCUT2D eigenvalue weighted by Gasteiger charge is 2.04. The summed E-state index contributed by atoms with van der Waals surface area (Å²) >= 11 is 5.63. The molecule has 0 aliphatic carbocycles. The highest BCUT2D eigenvalue weighted by molar-refractivity contribution is 6.30. The summed E-state index contributed by atoms with van der Waals surface area (Å²) in [4.78, 5) is 7.63. The van der Waals surface area contributed by atoms with Crippen molar-refractivity contribution in [1.82, 2.24) is 9.97 Å². The van der Waals surface area contributed by atoms with Gasteiger partial charge in [0, 0.05) is 11.1 Å². The van der Waals surface area contributed by atoms with Crippen LogP contribution in [0.5, 0.6) is 0 Å². The standard InChI is InChI=1S/C10H8ClFN4/c11-6-1-2-8(7(12)3-6)16-10-4-9(13)14-5-15-10/h1-5H,(H3,13,14,15,16). The van der Waals surface area contributed by atoms with Crippen molar-refractivity contribution < 1.29 is 4.39 Å². The average Bonchev–Trinajstić information content (AvgIpc) is 2.22. The number of aromatic nitrogens is 2. The van der Waals surface area contributed by atoms with Gasteiger partial charge in [-0.25, -0.2) is 14.4 Å². The third-order valence-electron chi connectivity index (χ3n) is 1.88. The number of halogens is 2. The van der Waals surface area contributed by atoms with E-state index in [0.29, 0.717) is 16.7 Å². The Morgan fingerprint density at radius 2 is 2.06 bits per heavy atom. The molecule has 1 aromatic heterocycles. The minimum atomic E-state index is -0.454. The molecule has 0 amide bonds. The van der Waals surface area contributed by atoms with Gasteiger partial charge < -0.3 is 11.1 Å². The van der Waals surface area contributed by atoms with E-state index in [-0.39, 0.29) is 5.69 Å². The summed E-state index contributed by atoms with van der Waals surface area (Å²) in [7, 11) is 0. The van der Waals surface area contributed by atoms with E-state index < -0.39 is 5.82 Å². The lowest BCUT2D eigenvalue weighted by Crippen LogP contribution is -1.98. The number of hydrogen-bond donors (Lipinski definition) is 2. The first-order valence-corrected chi connectivity index (χ1v) is 4.82. The van der Waals surface area contributed by atoms with E-state index in [1.165, 1.54) is 24.5 Å². The number of nitrogens with zero attached hydrogens (tertiary/aromatic N) is 2. The second kappa shape index (κ2) is 4.32. The van der Waals surface area contributed by atoms with Crippen molar-refractivity contribution >= 4 is 28.9 Å². The van der Waals surface area contributed by atoms with Crippen molar-refractivity contribution in [2.75, 3.05) is 11.1 Å². The van der Waals surface area contributed by atoms with Gasteiger partial charge >= 0.3 is 0 Å². The fraction of sp³-hybridized carbons (Fsp3) is 0. The van der Waals surface area contributed by atoms with Gasteiger partial charge in [0.2, 0.25) is 0 Å². The monoisotopic (exact) mass is 238 g/mol. The van der Waals surface area contributed by atoms with Crippen LogP contribution in [0.3, 0.4) is 0 Å². The van der Waals surface area contributed by atoms with E-state index in [0.717, 1.165) is 0 Å². The Balaban J connectivity index is 2.27. The molecular formula is C10H8ClFN4. The van der Waals surface area contributed by atoms with Gasteiger partial charge in [0.15, 0.2) is 0 Å². The third-order valence-corrected chi connectivity index (χ3v) is 2.12. The maximum atomic E-state index is 13.4. The van der Waals surface area contributed by atoms with E-state index in [9.17, 15) is 4.39 Å². The topological polar surface area (TPSA) is 63.8 Å². The lowest BCUT2D eigenvalue weighted by molar-refractivity contribution is 0.632. The molecule has 0 spiro atoms. The van der Waals surface area contributed by atoms with E-state index in [4.69, 9.17) is 17.3 Å². The van der Waals surface area contributed by atoms with Gasteiger partial charge in [0.1, 0.15) is 23.8 Å². The molecule has 4 nitrogen and oxygen atoms in total. The van der Waals surface area contributed by atoms with Gasteiger partial charge in [-0.1, -0.05) is 11.6 Å². The molecule has 0 unspecified atom stereocenters. The molecular weight excluding hydrogens is 231 g/mol. The van der Waals surface area contributed by atoms with Crippen LogP contribution in [0.15, 0.2) is 30.6 Å². The van der Waals surface area contributed by atoms with Crippen molar-refractivity contribution in [3.05, 3.63) is 41.4 Å². The molecule has 0 atom stereocenters. The molecule has 1 aromatic carbocycles. The number of nitrogens with one attached hydrogen (secondary N) is 1. The van der Waals surface area contributed by atoms with Crippen LogP contribution >= 0.6 is 11.6 Å². The van der Waals surface area contributed by atoms with E-state index >= 15 is 0 Å². The van der Waals surface area contributed by atoms with Crippen LogP contribution < -0.4 is 11.1 Å². The Hall–Kier alpha value is -1.88. The normalized spacial score (nSPS) is 10.1. The van der Waals surface area contributed by atoms with Crippen LogP contribution in [-0.4, -0.2) is 9.97 Å². The second-order valence-corrected chi connectivity index (χ2v) is 3.51. The Kier molecular flexibility index (Phi) is 2.87. The van der Waals surface area contributed by atoms with Crippen LogP contribution in [0.25, 0.3) is 0 Å². The van der Waals surface area contributed by atoms with Crippen LogP contribution in [0.4, 0.5) is 21.7 Å². The first kappa shape index (κ1) is 10.6. The molecule has 2 aromatic rings. The third kappa shape index (κ3) is 2.38. The molecule has 0 aliphatic heterocycles. The van der Waals surface area contributed by atoms with Crippen molar-refractivity contribution in [3.63, 3.8) is 0 Å². The quantitative estimate of drug-likeness (QED) is 0.844. The molecule has 16 heavy (non-hydrogen) atoms.